The summed E-state index contributed by atoms with van der Waals surface area (Å²) in [7, 11) is 0. The zero-order valence-electron chi connectivity index (χ0n) is 23.6. The summed E-state index contributed by atoms with van der Waals surface area (Å²) in [5, 5.41) is 12.3. The van der Waals surface area contributed by atoms with Crippen LogP contribution in [-0.4, -0.2) is 30.4 Å². The van der Waals surface area contributed by atoms with Crippen LogP contribution in [0.2, 0.25) is 0 Å². The summed E-state index contributed by atoms with van der Waals surface area (Å²) in [6, 6.07) is 2.08. The van der Waals surface area contributed by atoms with Crippen LogP contribution < -0.4 is 0 Å². The van der Waals surface area contributed by atoms with Crippen molar-refractivity contribution < 1.29 is 9.53 Å². The number of allylic oxidation sites excluding steroid dienone is 1. The van der Waals surface area contributed by atoms with Crippen LogP contribution in [0.25, 0.3) is 0 Å². The van der Waals surface area contributed by atoms with Gasteiger partial charge >= 0.3 is 5.97 Å². The molecule has 206 valence electrons. The fourth-order valence-electron chi connectivity index (χ4n) is 9.16. The molecule has 0 spiro atoms. The number of fused-ring (bicyclic) bond motifs is 5. The minimum absolute atomic E-state index is 0.0170. The molecular formula is C32H45N3O3. The zero-order chi connectivity index (χ0) is 27.0. The number of aliphatic imine (C=N–C) groups is 1. The number of ether oxygens (including phenoxy) is 1. The SMILES string of the molecule is CC(C#N)(CCCCC1CCC2C3CC=C4CC(OC(=O)C5=CCCN=C5)CCC4(C)C3CCC12C)N=O. The smallest absolute Gasteiger partial charge is 0.339 e. The van der Waals surface area contributed by atoms with Gasteiger partial charge in [0.05, 0.1) is 11.6 Å². The van der Waals surface area contributed by atoms with Gasteiger partial charge in [0.1, 0.15) is 6.10 Å². The van der Waals surface area contributed by atoms with Gasteiger partial charge in [0.2, 0.25) is 0 Å². The van der Waals surface area contributed by atoms with E-state index in [-0.39, 0.29) is 17.5 Å². The van der Waals surface area contributed by atoms with Gasteiger partial charge in [0.15, 0.2) is 5.54 Å². The van der Waals surface area contributed by atoms with E-state index in [0.717, 1.165) is 68.7 Å². The Kier molecular flexibility index (Phi) is 7.68. The molecule has 8 atom stereocenters. The van der Waals surface area contributed by atoms with Crippen molar-refractivity contribution in [1.29, 1.82) is 5.26 Å². The lowest BCUT2D eigenvalue weighted by molar-refractivity contribution is -0.146. The number of esters is 1. The number of hydrogen-bond acceptors (Lipinski definition) is 6. The summed E-state index contributed by atoms with van der Waals surface area (Å²) in [5.74, 6) is 2.82. The van der Waals surface area contributed by atoms with Crippen molar-refractivity contribution in [1.82, 2.24) is 0 Å². The Labute approximate surface area is 228 Å². The molecule has 0 aromatic carbocycles. The highest BCUT2D eigenvalue weighted by Gasteiger charge is 2.58. The Balaban J connectivity index is 1.20. The van der Waals surface area contributed by atoms with Gasteiger partial charge < -0.3 is 4.74 Å². The van der Waals surface area contributed by atoms with E-state index in [1.807, 2.05) is 6.08 Å². The number of carbonyl (C=O) groups excluding carboxylic acids is 1. The van der Waals surface area contributed by atoms with Crippen molar-refractivity contribution in [3.8, 4) is 6.07 Å². The van der Waals surface area contributed by atoms with E-state index in [9.17, 15) is 15.0 Å². The summed E-state index contributed by atoms with van der Waals surface area (Å²) < 4.78 is 5.96. The Morgan fingerprint density at radius 3 is 2.76 bits per heavy atom. The van der Waals surface area contributed by atoms with E-state index in [1.54, 1.807) is 13.1 Å². The minimum atomic E-state index is -1.07. The maximum Gasteiger partial charge on any atom is 0.339 e. The highest BCUT2D eigenvalue weighted by molar-refractivity contribution is 6.09. The molecule has 4 aliphatic carbocycles. The average molecular weight is 520 g/mol. The van der Waals surface area contributed by atoms with E-state index in [0.29, 0.717) is 17.4 Å². The van der Waals surface area contributed by atoms with Gasteiger partial charge in [-0.05, 0) is 117 Å². The molecule has 0 bridgehead atoms. The van der Waals surface area contributed by atoms with Gasteiger partial charge in [-0.3, -0.25) is 4.99 Å². The summed E-state index contributed by atoms with van der Waals surface area (Å²) >= 11 is 0. The van der Waals surface area contributed by atoms with Crippen LogP contribution in [0.4, 0.5) is 0 Å². The first-order valence-corrected chi connectivity index (χ1v) is 15.1. The van der Waals surface area contributed by atoms with Crippen molar-refractivity contribution in [2.75, 3.05) is 6.54 Å². The first-order valence-electron chi connectivity index (χ1n) is 15.1. The van der Waals surface area contributed by atoms with Crippen LogP contribution in [0.1, 0.15) is 104 Å². The molecule has 3 fully saturated rings. The Morgan fingerprint density at radius 1 is 1.18 bits per heavy atom. The normalized spacial score (nSPS) is 39.4. The fourth-order valence-corrected chi connectivity index (χ4v) is 9.16. The van der Waals surface area contributed by atoms with Crippen molar-refractivity contribution >= 4 is 12.2 Å². The third-order valence-corrected chi connectivity index (χ3v) is 11.5. The molecule has 38 heavy (non-hydrogen) atoms. The van der Waals surface area contributed by atoms with Crippen LogP contribution >= 0.6 is 0 Å². The van der Waals surface area contributed by atoms with Gasteiger partial charge in [-0.2, -0.15) is 5.26 Å². The number of hydrogen-bond donors (Lipinski definition) is 0. The second-order valence-electron chi connectivity index (χ2n) is 13.6. The molecule has 8 unspecified atom stereocenters. The van der Waals surface area contributed by atoms with Crippen molar-refractivity contribution in [2.24, 2.45) is 44.7 Å². The predicted octanol–water partition coefficient (Wildman–Crippen LogP) is 7.49. The lowest BCUT2D eigenvalue weighted by Crippen LogP contribution is -2.50. The minimum Gasteiger partial charge on any atom is -0.458 e. The lowest BCUT2D eigenvalue weighted by atomic mass is 9.47. The predicted molar refractivity (Wildman–Crippen MR) is 149 cm³/mol. The second kappa shape index (κ2) is 10.7. The molecule has 1 aliphatic heterocycles. The number of nitroso groups, excluding NO2 is 1. The van der Waals surface area contributed by atoms with E-state index < -0.39 is 5.54 Å². The molecule has 5 rings (SSSR count). The fraction of sp³-hybridized carbons (Fsp3) is 0.781. The van der Waals surface area contributed by atoms with Gasteiger partial charge in [-0.15, -0.1) is 4.91 Å². The van der Waals surface area contributed by atoms with Crippen molar-refractivity contribution in [3.05, 3.63) is 28.2 Å². The number of dihydropyridines is 1. The maximum absolute atomic E-state index is 12.7. The van der Waals surface area contributed by atoms with E-state index in [2.05, 4.69) is 36.2 Å². The van der Waals surface area contributed by atoms with Crippen LogP contribution in [0.15, 0.2) is 33.5 Å². The van der Waals surface area contributed by atoms with E-state index in [1.165, 1.54) is 44.1 Å². The molecule has 1 heterocycles. The van der Waals surface area contributed by atoms with Crippen LogP contribution in [0.3, 0.4) is 0 Å². The quantitative estimate of drug-likeness (QED) is 0.144. The molecule has 6 heteroatoms. The standard InChI is InChI=1S/C32H45N3O3/c1-30(21-33,35-37)15-5-4-8-23-10-12-27-26-11-9-24-19-25(38-29(36)22-7-6-18-34-20-22)13-16-32(24,3)28(26)14-17-31(23,27)2/h7,9,20,23,25-28H,4-6,8,10-19H2,1-3H3. The Bertz CT molecular complexity index is 1070. The topological polar surface area (TPSA) is 91.9 Å². The number of nitriles is 1. The van der Waals surface area contributed by atoms with Gasteiger partial charge in [-0.25, -0.2) is 4.79 Å². The monoisotopic (exact) mass is 519 g/mol. The highest BCUT2D eigenvalue weighted by Crippen LogP contribution is 2.66. The summed E-state index contributed by atoms with van der Waals surface area (Å²) in [5.41, 5.74) is 1.73. The lowest BCUT2D eigenvalue weighted by Gasteiger charge is -2.58. The van der Waals surface area contributed by atoms with Crippen LogP contribution in [0, 0.1) is 50.7 Å². The van der Waals surface area contributed by atoms with Gasteiger partial charge in [0, 0.05) is 19.2 Å². The zero-order valence-corrected chi connectivity index (χ0v) is 23.6. The maximum atomic E-state index is 12.7. The van der Waals surface area contributed by atoms with Crippen molar-refractivity contribution in [2.45, 2.75) is 116 Å². The Morgan fingerprint density at radius 2 is 2.03 bits per heavy atom. The van der Waals surface area contributed by atoms with E-state index in [4.69, 9.17) is 4.74 Å². The molecule has 0 aromatic heterocycles. The first-order chi connectivity index (χ1) is 18.2. The molecule has 5 aliphatic rings. The summed E-state index contributed by atoms with van der Waals surface area (Å²) in [4.78, 5) is 27.9. The average Bonchev–Trinajstić information content (AvgIpc) is 3.27. The number of rotatable bonds is 8. The molecule has 0 saturated heterocycles. The second-order valence-corrected chi connectivity index (χ2v) is 13.6. The number of unbranched alkanes of at least 4 members (excludes halogenated alkanes) is 1. The van der Waals surface area contributed by atoms with Gasteiger partial charge in [0.25, 0.3) is 0 Å². The first kappa shape index (κ1) is 27.3. The molecule has 0 aromatic rings. The Hall–Kier alpha value is -2.29. The number of carbonyl (C=O) groups is 1. The molecule has 0 amide bonds. The summed E-state index contributed by atoms with van der Waals surface area (Å²) in [6.45, 7) is 7.49. The third-order valence-electron chi connectivity index (χ3n) is 11.5. The molecule has 0 radical (unpaired) electrons. The van der Waals surface area contributed by atoms with Crippen molar-refractivity contribution in [3.63, 3.8) is 0 Å². The largest absolute Gasteiger partial charge is 0.458 e. The highest BCUT2D eigenvalue weighted by atomic mass is 16.5. The van der Waals surface area contributed by atoms with Crippen LogP contribution in [0.5, 0.6) is 0 Å². The third kappa shape index (κ3) is 4.91. The molecule has 3 saturated carbocycles. The molecule has 6 nitrogen and oxygen atoms in total. The van der Waals surface area contributed by atoms with Gasteiger partial charge in [-0.1, -0.05) is 38.0 Å². The van der Waals surface area contributed by atoms with Crippen LogP contribution in [-0.2, 0) is 9.53 Å². The van der Waals surface area contributed by atoms with E-state index >= 15 is 0 Å². The molecular weight excluding hydrogens is 474 g/mol. The summed E-state index contributed by atoms with van der Waals surface area (Å²) in [6.07, 6.45) is 20.1. The molecule has 0 N–H and O–H groups in total. The number of nitrogens with zero attached hydrogens (tertiary/aromatic N) is 3.